The van der Waals surface area contributed by atoms with E-state index in [1.165, 1.54) is 25.7 Å². The summed E-state index contributed by atoms with van der Waals surface area (Å²) in [5, 5.41) is 3.77. The summed E-state index contributed by atoms with van der Waals surface area (Å²) < 4.78 is 4.91. The Labute approximate surface area is 114 Å². The lowest BCUT2D eigenvalue weighted by Gasteiger charge is -2.41. The molecule has 3 rings (SSSR count). The SMILES string of the molecule is O=C1CCCCC1C1CCCCN1Cc1cnoc1. The van der Waals surface area contributed by atoms with Crippen molar-refractivity contribution < 1.29 is 9.32 Å². The zero-order chi connectivity index (χ0) is 13.1. The van der Waals surface area contributed by atoms with Crippen molar-refractivity contribution in [2.24, 2.45) is 5.92 Å². The number of carbonyl (C=O) groups is 1. The lowest BCUT2D eigenvalue weighted by molar-refractivity contribution is -0.127. The molecule has 2 fully saturated rings. The zero-order valence-corrected chi connectivity index (χ0v) is 11.4. The first-order valence-electron chi connectivity index (χ1n) is 7.49. The first-order chi connectivity index (χ1) is 9.34. The van der Waals surface area contributed by atoms with Gasteiger partial charge in [-0.1, -0.05) is 18.0 Å². The Morgan fingerprint density at radius 2 is 2.16 bits per heavy atom. The molecule has 4 nitrogen and oxygen atoms in total. The van der Waals surface area contributed by atoms with Gasteiger partial charge < -0.3 is 4.52 Å². The van der Waals surface area contributed by atoms with E-state index in [9.17, 15) is 4.79 Å². The third-order valence-corrected chi connectivity index (χ3v) is 4.60. The molecule has 0 N–H and O–H groups in total. The number of hydrogen-bond donors (Lipinski definition) is 0. The summed E-state index contributed by atoms with van der Waals surface area (Å²) >= 11 is 0. The first kappa shape index (κ1) is 12.9. The lowest BCUT2D eigenvalue weighted by Crippen LogP contribution is -2.46. The van der Waals surface area contributed by atoms with Crippen LogP contribution in [-0.4, -0.2) is 28.4 Å². The third kappa shape index (κ3) is 2.89. The molecule has 0 radical (unpaired) electrons. The Balaban J connectivity index is 1.71. The standard InChI is InChI=1S/C15H22N2O2/c18-15-7-2-1-5-13(15)14-6-3-4-8-17(14)10-12-9-16-19-11-12/h9,11,13-14H,1-8,10H2. The molecular formula is C15H22N2O2. The van der Waals surface area contributed by atoms with E-state index in [0.29, 0.717) is 11.8 Å². The van der Waals surface area contributed by atoms with Crippen LogP contribution in [0, 0.1) is 5.92 Å². The highest BCUT2D eigenvalue weighted by Crippen LogP contribution is 2.32. The fourth-order valence-corrected chi connectivity index (χ4v) is 3.62. The number of ketones is 1. The average Bonchev–Trinajstić information content (AvgIpc) is 2.93. The Morgan fingerprint density at radius 1 is 1.26 bits per heavy atom. The van der Waals surface area contributed by atoms with Crippen LogP contribution in [0.1, 0.15) is 50.5 Å². The Hall–Kier alpha value is -1.16. The summed E-state index contributed by atoms with van der Waals surface area (Å²) in [6.45, 7) is 1.97. The van der Waals surface area contributed by atoms with Gasteiger partial charge in [-0.3, -0.25) is 9.69 Å². The van der Waals surface area contributed by atoms with Crippen molar-refractivity contribution in [3.05, 3.63) is 18.0 Å². The molecular weight excluding hydrogens is 240 g/mol. The first-order valence-corrected chi connectivity index (χ1v) is 7.49. The summed E-state index contributed by atoms with van der Waals surface area (Å²) in [6, 6.07) is 0.441. The van der Waals surface area contributed by atoms with Gasteiger partial charge >= 0.3 is 0 Å². The van der Waals surface area contributed by atoms with Gasteiger partial charge in [0, 0.05) is 30.5 Å². The molecule has 1 saturated heterocycles. The average molecular weight is 262 g/mol. The van der Waals surface area contributed by atoms with Gasteiger partial charge in [-0.15, -0.1) is 0 Å². The van der Waals surface area contributed by atoms with E-state index in [1.807, 2.05) is 0 Å². The topological polar surface area (TPSA) is 46.3 Å². The molecule has 0 amide bonds. The minimum Gasteiger partial charge on any atom is -0.364 e. The predicted octanol–water partition coefficient (Wildman–Crippen LogP) is 2.79. The minimum atomic E-state index is 0.272. The summed E-state index contributed by atoms with van der Waals surface area (Å²) in [5.41, 5.74) is 1.12. The molecule has 0 spiro atoms. The summed E-state index contributed by atoms with van der Waals surface area (Å²) in [5.74, 6) is 0.766. The van der Waals surface area contributed by atoms with E-state index in [4.69, 9.17) is 4.52 Å². The summed E-state index contributed by atoms with van der Waals surface area (Å²) in [4.78, 5) is 14.7. The number of nitrogens with zero attached hydrogens (tertiary/aromatic N) is 2. The number of piperidine rings is 1. The van der Waals surface area contributed by atoms with Crippen LogP contribution in [0.4, 0.5) is 0 Å². The number of Topliss-reactive ketones (excluding diaryl/α,β-unsaturated/α-hetero) is 1. The van der Waals surface area contributed by atoms with E-state index < -0.39 is 0 Å². The molecule has 1 aliphatic carbocycles. The van der Waals surface area contributed by atoms with E-state index in [-0.39, 0.29) is 5.92 Å². The van der Waals surface area contributed by atoms with Crippen molar-refractivity contribution >= 4 is 5.78 Å². The highest BCUT2D eigenvalue weighted by Gasteiger charge is 2.35. The van der Waals surface area contributed by atoms with Crippen LogP contribution < -0.4 is 0 Å². The second-order valence-electron chi connectivity index (χ2n) is 5.88. The van der Waals surface area contributed by atoms with Crippen LogP contribution in [-0.2, 0) is 11.3 Å². The van der Waals surface area contributed by atoms with Gasteiger partial charge in [0.15, 0.2) is 0 Å². The van der Waals surface area contributed by atoms with Gasteiger partial charge in [-0.2, -0.15) is 0 Å². The maximum atomic E-state index is 12.2. The van der Waals surface area contributed by atoms with Gasteiger partial charge in [0.2, 0.25) is 0 Å². The van der Waals surface area contributed by atoms with Crippen LogP contribution in [0.3, 0.4) is 0 Å². The molecule has 4 heteroatoms. The van der Waals surface area contributed by atoms with Crippen molar-refractivity contribution in [2.45, 2.75) is 57.5 Å². The minimum absolute atomic E-state index is 0.272. The smallest absolute Gasteiger partial charge is 0.137 e. The highest BCUT2D eigenvalue weighted by molar-refractivity contribution is 5.82. The van der Waals surface area contributed by atoms with E-state index >= 15 is 0 Å². The normalized spacial score (nSPS) is 29.6. The fraction of sp³-hybridized carbons (Fsp3) is 0.733. The van der Waals surface area contributed by atoms with Crippen LogP contribution in [0.5, 0.6) is 0 Å². The maximum Gasteiger partial charge on any atom is 0.137 e. The monoisotopic (exact) mass is 262 g/mol. The van der Waals surface area contributed by atoms with Crippen molar-refractivity contribution in [1.29, 1.82) is 0 Å². The maximum absolute atomic E-state index is 12.2. The molecule has 1 aromatic rings. The highest BCUT2D eigenvalue weighted by atomic mass is 16.5. The van der Waals surface area contributed by atoms with Gasteiger partial charge in [-0.05, 0) is 32.2 Å². The number of aromatic nitrogens is 1. The van der Waals surface area contributed by atoms with Gasteiger partial charge in [0.25, 0.3) is 0 Å². The molecule has 0 aromatic carbocycles. The van der Waals surface area contributed by atoms with Crippen LogP contribution in [0.15, 0.2) is 17.0 Å². The number of likely N-dealkylation sites (tertiary alicyclic amines) is 1. The van der Waals surface area contributed by atoms with Crippen LogP contribution in [0.25, 0.3) is 0 Å². The largest absolute Gasteiger partial charge is 0.364 e. The molecule has 104 valence electrons. The number of hydrogen-bond acceptors (Lipinski definition) is 4. The Kier molecular flexibility index (Phi) is 3.97. The number of rotatable bonds is 3. The van der Waals surface area contributed by atoms with Gasteiger partial charge in [0.05, 0.1) is 6.20 Å². The van der Waals surface area contributed by atoms with Crippen molar-refractivity contribution in [3.8, 4) is 0 Å². The van der Waals surface area contributed by atoms with Crippen LogP contribution >= 0.6 is 0 Å². The molecule has 1 aliphatic heterocycles. The Morgan fingerprint density at radius 3 is 2.95 bits per heavy atom. The molecule has 1 saturated carbocycles. The second kappa shape index (κ2) is 5.87. The molecule has 19 heavy (non-hydrogen) atoms. The number of carbonyl (C=O) groups excluding carboxylic acids is 1. The Bertz CT molecular complexity index is 416. The second-order valence-corrected chi connectivity index (χ2v) is 5.88. The molecule has 2 aliphatic rings. The van der Waals surface area contributed by atoms with Gasteiger partial charge in [-0.25, -0.2) is 0 Å². The molecule has 1 aromatic heterocycles. The summed E-state index contributed by atoms with van der Waals surface area (Å²) in [6.07, 6.45) is 11.4. The quantitative estimate of drug-likeness (QED) is 0.840. The van der Waals surface area contributed by atoms with Gasteiger partial charge in [0.1, 0.15) is 12.0 Å². The lowest BCUT2D eigenvalue weighted by atomic mass is 9.79. The summed E-state index contributed by atoms with van der Waals surface area (Å²) in [7, 11) is 0. The van der Waals surface area contributed by atoms with E-state index in [0.717, 1.165) is 37.9 Å². The van der Waals surface area contributed by atoms with Crippen molar-refractivity contribution in [3.63, 3.8) is 0 Å². The van der Waals surface area contributed by atoms with Crippen molar-refractivity contribution in [1.82, 2.24) is 10.1 Å². The third-order valence-electron chi connectivity index (χ3n) is 4.60. The van der Waals surface area contributed by atoms with Crippen LogP contribution in [0.2, 0.25) is 0 Å². The zero-order valence-electron chi connectivity index (χ0n) is 11.4. The van der Waals surface area contributed by atoms with E-state index in [2.05, 4.69) is 10.1 Å². The van der Waals surface area contributed by atoms with Crippen molar-refractivity contribution in [2.75, 3.05) is 6.54 Å². The molecule has 0 bridgehead atoms. The molecule has 2 unspecified atom stereocenters. The molecule has 2 heterocycles. The fourth-order valence-electron chi connectivity index (χ4n) is 3.62. The molecule has 2 atom stereocenters. The van der Waals surface area contributed by atoms with E-state index in [1.54, 1.807) is 12.5 Å². The predicted molar refractivity (Wildman–Crippen MR) is 71.5 cm³/mol.